The van der Waals surface area contributed by atoms with Gasteiger partial charge in [-0.2, -0.15) is 20.8 Å². The van der Waals surface area contributed by atoms with Gasteiger partial charge in [0, 0.05) is 95.1 Å². The molecule has 0 atom stereocenters. The van der Waals surface area contributed by atoms with E-state index in [0.717, 1.165) is 259 Å². The van der Waals surface area contributed by atoms with Gasteiger partial charge in [-0.25, -0.2) is 19.7 Å². The van der Waals surface area contributed by atoms with Crippen LogP contribution in [0.2, 0.25) is 24.6 Å². The van der Waals surface area contributed by atoms with Crippen LogP contribution >= 0.6 is 92.0 Å². The van der Waals surface area contributed by atoms with Gasteiger partial charge < -0.3 is 45.9 Å². The first kappa shape index (κ1) is 116. The fraction of sp³-hybridized carbons (Fsp3) is 0.398. The topological polar surface area (TPSA) is 322 Å². The Labute approximate surface area is 853 Å². The first-order valence-corrected chi connectivity index (χ1v) is 51.3. The lowest BCUT2D eigenvalue weighted by Gasteiger charge is -2.28. The van der Waals surface area contributed by atoms with Crippen molar-refractivity contribution in [3.05, 3.63) is 277 Å². The lowest BCUT2D eigenvalue weighted by atomic mass is 10.0. The van der Waals surface area contributed by atoms with Crippen molar-refractivity contribution in [3.8, 4) is 29.6 Å². The summed E-state index contributed by atoms with van der Waals surface area (Å²) >= 11 is 34.6. The van der Waals surface area contributed by atoms with Crippen LogP contribution in [0.5, 0.6) is 0 Å². The summed E-state index contributed by atoms with van der Waals surface area (Å²) in [4.78, 5) is 50.9. The van der Waals surface area contributed by atoms with E-state index in [4.69, 9.17) is 105 Å². The Kier molecular flexibility index (Phi) is 52.3. The Hall–Kier alpha value is -10.8. The number of halogens is 5. The van der Waals surface area contributed by atoms with Crippen molar-refractivity contribution in [2.24, 2.45) is 16.6 Å². The van der Waals surface area contributed by atoms with E-state index in [0.29, 0.717) is 52.0 Å². The van der Waals surface area contributed by atoms with Gasteiger partial charge >= 0.3 is 5.76 Å². The van der Waals surface area contributed by atoms with Crippen LogP contribution in [0.3, 0.4) is 0 Å². The van der Waals surface area contributed by atoms with Gasteiger partial charge in [-0.1, -0.05) is 238 Å². The number of aryl methyl sites for hydroxylation is 5. The summed E-state index contributed by atoms with van der Waals surface area (Å²) < 4.78 is 14.4. The number of nitrogens with one attached hydrogen (secondary N) is 2. The van der Waals surface area contributed by atoms with Gasteiger partial charge in [-0.3, -0.25) is 14.4 Å². The number of H-pyrrole nitrogens is 1. The molecule has 0 radical (unpaired) electrons. The smallest absolute Gasteiger partial charge is 0.423 e. The highest BCUT2D eigenvalue weighted by Gasteiger charge is 2.20. The predicted molar refractivity (Wildman–Crippen MR) is 584 cm³/mol. The monoisotopic (exact) mass is 2020 g/mol. The van der Waals surface area contributed by atoms with Gasteiger partial charge in [-0.15, -0.1) is 11.3 Å². The zero-order valence-corrected chi connectivity index (χ0v) is 87.9. The number of carbonyl (C=O) groups excluding carboxylic acids is 1. The molecule has 5 aromatic heterocycles. The van der Waals surface area contributed by atoms with Crippen LogP contribution in [0.25, 0.3) is 53.1 Å². The number of nitriles is 3. The number of aromatic nitrogens is 6. The predicted octanol–water partition coefficient (Wildman–Crippen LogP) is 27.7. The zero-order chi connectivity index (χ0) is 99.9. The maximum absolute atomic E-state index is 11.2. The summed E-state index contributed by atoms with van der Waals surface area (Å²) in [5.74, 6) is 0.0279. The Bertz CT molecular complexity index is 6300. The molecule has 0 aliphatic carbocycles. The van der Waals surface area contributed by atoms with E-state index in [1.54, 1.807) is 34.8 Å². The Balaban J connectivity index is 0.000000254. The number of nitrogens with zero attached hydrogens (tertiary/aromatic N) is 13. The second kappa shape index (κ2) is 62.3. The van der Waals surface area contributed by atoms with Gasteiger partial charge in [0.2, 0.25) is 0 Å². The molecular weight excluding hydrogens is 1890 g/mol. The number of rotatable bonds is 36. The van der Waals surface area contributed by atoms with Crippen molar-refractivity contribution in [2.75, 3.05) is 80.1 Å². The molecule has 14 aromatic rings. The summed E-state index contributed by atoms with van der Waals surface area (Å²) in [6.45, 7) is 41.2. The second-order valence-electron chi connectivity index (χ2n) is 33.6. The minimum Gasteiger partial charge on any atom is -0.423 e. The highest BCUT2D eigenvalue weighted by molar-refractivity contribution is 7.23. The van der Waals surface area contributed by atoms with Crippen LogP contribution in [-0.2, 0) is 36.9 Å². The first-order valence-electron chi connectivity index (χ1n) is 46.9. The molecular formula is C108H136Cl5N17O5S3. The number of hydrogen-bond donors (Lipinski definition) is 5. The van der Waals surface area contributed by atoms with Gasteiger partial charge in [-0.05, 0) is 293 Å². The number of aromatic amines is 1. The van der Waals surface area contributed by atoms with Gasteiger partial charge in [0.1, 0.15) is 11.8 Å². The van der Waals surface area contributed by atoms with E-state index in [-0.39, 0.29) is 13.3 Å². The second-order valence-corrected chi connectivity index (χ2v) is 38.9. The molecule has 9 aromatic carbocycles. The molecule has 0 aliphatic rings. The van der Waals surface area contributed by atoms with Gasteiger partial charge in [0.05, 0.1) is 65.5 Å². The molecule has 0 saturated carbocycles. The average Bonchev–Trinajstić information content (AvgIpc) is 1.67. The number of unbranched alkanes of at least 4 members (excludes halogenated alkanes) is 5. The van der Waals surface area contributed by atoms with E-state index < -0.39 is 5.76 Å². The third kappa shape index (κ3) is 38.4. The molecule has 0 unspecified atom stereocenters. The Morgan fingerprint density at radius 2 is 0.920 bits per heavy atom. The molecule has 736 valence electrons. The minimum atomic E-state index is -0.556. The number of fused-ring (bicyclic) bond motifs is 4. The average molecular weight is 2030 g/mol. The van der Waals surface area contributed by atoms with Crippen molar-refractivity contribution < 1.29 is 18.9 Å². The molecule has 7 N–H and O–H groups in total. The normalized spacial score (nSPS) is 10.8. The van der Waals surface area contributed by atoms with E-state index >= 15 is 0 Å². The Morgan fingerprint density at radius 1 is 0.500 bits per heavy atom. The van der Waals surface area contributed by atoms with Gasteiger partial charge in [0.15, 0.2) is 32.0 Å². The number of hydrogen-bond acceptors (Lipinski definition) is 23. The molecule has 22 nitrogen and oxygen atoms in total. The Morgan fingerprint density at radius 3 is 1.32 bits per heavy atom. The number of anilines is 3. The number of oxime groups is 1. The van der Waals surface area contributed by atoms with E-state index in [1.165, 1.54) is 52.0 Å². The summed E-state index contributed by atoms with van der Waals surface area (Å²) in [7, 11) is 0. The minimum absolute atomic E-state index is 0. The van der Waals surface area contributed by atoms with Crippen LogP contribution in [0.15, 0.2) is 183 Å². The summed E-state index contributed by atoms with van der Waals surface area (Å²) in [6, 6.07) is 61.4. The molecule has 30 heteroatoms. The summed E-state index contributed by atoms with van der Waals surface area (Å²) in [6.07, 6.45) is 16.4. The van der Waals surface area contributed by atoms with Gasteiger partial charge in [0.25, 0.3) is 6.01 Å². The first-order chi connectivity index (χ1) is 66.0. The highest BCUT2D eigenvalue weighted by atomic mass is 35.5. The molecule has 0 amide bonds. The third-order valence-electron chi connectivity index (χ3n) is 22.2. The number of carbonyl (C=O) groups is 1. The van der Waals surface area contributed by atoms with Crippen LogP contribution in [0, 0.1) is 68.6 Å². The van der Waals surface area contributed by atoms with Crippen molar-refractivity contribution in [3.63, 3.8) is 0 Å². The zero-order valence-electron chi connectivity index (χ0n) is 81.7. The number of aldehydes is 1. The molecule has 0 saturated heterocycles. The fourth-order valence-electron chi connectivity index (χ4n) is 14.7. The molecule has 138 heavy (non-hydrogen) atoms. The van der Waals surface area contributed by atoms with Crippen LogP contribution in [0.4, 0.5) is 16.3 Å². The maximum Gasteiger partial charge on any atom is 0.439 e. The van der Waals surface area contributed by atoms with Crippen molar-refractivity contribution in [2.45, 2.75) is 220 Å². The van der Waals surface area contributed by atoms with Crippen LogP contribution in [-0.4, -0.2) is 130 Å². The molecule has 5 heterocycles. The van der Waals surface area contributed by atoms with E-state index in [2.05, 4.69) is 166 Å². The SMILES string of the molecule is C.CCCC=O.CCCCN(CCc1ccc(-c2noc(=O)[nH]2)c(C)c1)c1nc2ccc(Cl)cc2o1.CCCCN(CCc1ccc(C#N)c(C)c1)c1nc2ccc(Cl)cc2s1.CCCCN(CCc1ccc(C(N)=NO)c(C)c1)c1nc2ccc(Cl)cc2s1.CCCCNCCc1ccc(C#N)c(C)c1.CCN(C(C)C)C(C)C.Cc1cc(CCN)ccc1C#N.Clc1ccc2nc(Cl)sc2c1. The standard InChI is InChI=1S/C22H23ClN4O3.C21H25ClN4OS.C21H22ClN3S.C14H20N2.C10H12N2.C8H19N.C7H3Cl2NS.C4H8O.CH4/c1-3-4-10-27(21-24-18-8-6-16(23)13-19(18)29-21)11-9-15-5-7-17(14(2)12-15)20-25-22(28)30-26-20;1-3-4-10-26(21-24-18-8-6-16(22)13-19(18)28-21)11-9-15-5-7-17(14(2)12-15)20(23)25-27;1-3-4-10-25(11-9-16-5-6-17(14-23)15(2)12-16)21-24-19-8-7-18(22)13-20(19)26-21;1-3-4-8-16-9-7-13-5-6-14(11-15)12(2)10-13;1-8-6-9(4-5-11)2-3-10(8)7-12;1-6-9(7(2)3)8(4)5;8-4-1-2-5-6(3-4)11-7(9)10-5;1-2-3-4-5;/h5-8,12-13H,3-4,9-11H2,1-2H3,(H,25,26,28);5-8,12-13,27H,3-4,9-11H2,1-2H3,(H2,23,25);5-8,12-13H,3-4,9-11H2,1-2H3;5-6,10,16H,3-4,7-9H2,1-2H3;2-3,6H,4-5,11H2,1H3;7-8H,6H2,1-5H3;1-3H;4H,2-3H2,1H3;1H4. The number of nitrogens with two attached hydrogens (primary N) is 2. The quantitative estimate of drug-likeness (QED) is 0.00608. The van der Waals surface area contributed by atoms with Crippen LogP contribution < -0.4 is 37.2 Å². The maximum atomic E-state index is 11.2. The van der Waals surface area contributed by atoms with Crippen LogP contribution in [0.1, 0.15) is 219 Å². The number of thiazole rings is 3. The molecule has 0 spiro atoms. The number of oxazole rings is 1. The lowest BCUT2D eigenvalue weighted by molar-refractivity contribution is -0.107. The fourth-order valence-corrected chi connectivity index (χ4v) is 18.7. The summed E-state index contributed by atoms with van der Waals surface area (Å²) in [5.41, 5.74) is 30.8. The lowest BCUT2D eigenvalue weighted by Crippen LogP contribution is -2.36. The molecule has 0 bridgehead atoms. The molecule has 14 rings (SSSR count). The third-order valence-corrected chi connectivity index (χ3v) is 26.5. The number of amidine groups is 1. The van der Waals surface area contributed by atoms with Crippen molar-refractivity contribution in [1.29, 1.82) is 15.8 Å². The highest BCUT2D eigenvalue weighted by Crippen LogP contribution is 2.35. The number of benzene rings is 9. The summed E-state index contributed by atoms with van der Waals surface area (Å²) in [5, 5.41) is 50.7. The van der Waals surface area contributed by atoms with E-state index in [1.807, 2.05) is 163 Å². The largest absolute Gasteiger partial charge is 0.439 e. The van der Waals surface area contributed by atoms with Crippen molar-refractivity contribution >= 4 is 162 Å². The molecule has 0 fully saturated rings. The molecule has 0 aliphatic heterocycles. The van der Waals surface area contributed by atoms with E-state index in [9.17, 15) is 9.59 Å². The van der Waals surface area contributed by atoms with Crippen molar-refractivity contribution in [1.82, 2.24) is 40.3 Å².